The molecule has 2 aromatic heterocycles. The fourth-order valence-electron chi connectivity index (χ4n) is 3.09. The van der Waals surface area contributed by atoms with Gasteiger partial charge in [-0.3, -0.25) is 9.78 Å². The molecule has 0 spiro atoms. The Morgan fingerprint density at radius 3 is 2.61 bits per heavy atom. The second-order valence-electron chi connectivity index (χ2n) is 7.03. The number of para-hydroxylation sites is 2. The molecule has 4 rings (SSSR count). The van der Waals surface area contributed by atoms with Gasteiger partial charge in [0, 0.05) is 24.2 Å². The second-order valence-corrected chi connectivity index (χ2v) is 7.03. The quantitative estimate of drug-likeness (QED) is 0.489. The number of halogens is 1. The van der Waals surface area contributed by atoms with E-state index in [0.717, 1.165) is 11.3 Å². The number of carbonyl (C=O) groups is 1. The highest BCUT2D eigenvalue weighted by atomic mass is 19.1. The summed E-state index contributed by atoms with van der Waals surface area (Å²) in [4.78, 5) is 17.2. The highest BCUT2D eigenvalue weighted by Crippen LogP contribution is 2.23. The lowest BCUT2D eigenvalue weighted by Gasteiger charge is -2.15. The molecule has 1 atom stereocenters. The molecule has 0 fully saturated rings. The maximum atomic E-state index is 13.7. The zero-order chi connectivity index (χ0) is 21.6. The number of nitrogens with zero attached hydrogens (tertiary/aromatic N) is 3. The molecule has 0 saturated carbocycles. The SMILES string of the molecule is CC(COc1ccccc1F)NC(=O)c1cn(-c2ccccc2)nc1-c1cccnc1. The average Bonchev–Trinajstić information content (AvgIpc) is 3.25. The van der Waals surface area contributed by atoms with Gasteiger partial charge in [-0.2, -0.15) is 5.10 Å². The summed E-state index contributed by atoms with van der Waals surface area (Å²) in [5, 5.41) is 7.52. The third-order valence-electron chi connectivity index (χ3n) is 4.62. The van der Waals surface area contributed by atoms with Crippen molar-refractivity contribution >= 4 is 5.91 Å². The predicted molar refractivity (Wildman–Crippen MR) is 116 cm³/mol. The molecule has 156 valence electrons. The molecule has 1 amide bonds. The molecule has 2 heterocycles. The van der Waals surface area contributed by atoms with Crippen molar-refractivity contribution in [3.8, 4) is 22.7 Å². The number of ether oxygens (including phenoxy) is 1. The van der Waals surface area contributed by atoms with E-state index in [4.69, 9.17) is 4.74 Å². The molecule has 0 saturated heterocycles. The molecular formula is C24H21FN4O2. The molecule has 31 heavy (non-hydrogen) atoms. The lowest BCUT2D eigenvalue weighted by Crippen LogP contribution is -2.37. The molecule has 0 aliphatic heterocycles. The van der Waals surface area contributed by atoms with E-state index >= 15 is 0 Å². The van der Waals surface area contributed by atoms with E-state index in [9.17, 15) is 9.18 Å². The topological polar surface area (TPSA) is 69.0 Å². The fourth-order valence-corrected chi connectivity index (χ4v) is 3.09. The van der Waals surface area contributed by atoms with Gasteiger partial charge in [-0.25, -0.2) is 9.07 Å². The summed E-state index contributed by atoms with van der Waals surface area (Å²) in [7, 11) is 0. The highest BCUT2D eigenvalue weighted by molar-refractivity contribution is 6.00. The summed E-state index contributed by atoms with van der Waals surface area (Å²) in [6.45, 7) is 1.92. The maximum Gasteiger partial charge on any atom is 0.255 e. The first-order chi connectivity index (χ1) is 15.1. The van der Waals surface area contributed by atoms with Crippen LogP contribution in [0.25, 0.3) is 16.9 Å². The van der Waals surface area contributed by atoms with Crippen LogP contribution in [0.3, 0.4) is 0 Å². The van der Waals surface area contributed by atoms with Crippen molar-refractivity contribution in [2.45, 2.75) is 13.0 Å². The third kappa shape index (κ3) is 4.78. The van der Waals surface area contributed by atoms with Crippen molar-refractivity contribution in [3.63, 3.8) is 0 Å². The molecule has 0 aliphatic carbocycles. The monoisotopic (exact) mass is 416 g/mol. The molecule has 7 heteroatoms. The fraction of sp³-hybridized carbons (Fsp3) is 0.125. The first kappa shape index (κ1) is 20.3. The van der Waals surface area contributed by atoms with E-state index in [0.29, 0.717) is 11.3 Å². The molecule has 6 nitrogen and oxygen atoms in total. The van der Waals surface area contributed by atoms with Gasteiger partial charge in [0.25, 0.3) is 5.91 Å². The summed E-state index contributed by atoms with van der Waals surface area (Å²) >= 11 is 0. The second kappa shape index (κ2) is 9.21. The molecule has 1 N–H and O–H groups in total. The Morgan fingerprint density at radius 1 is 1.10 bits per heavy atom. The molecule has 0 bridgehead atoms. The summed E-state index contributed by atoms with van der Waals surface area (Å²) in [6.07, 6.45) is 5.02. The minimum atomic E-state index is -0.441. The number of aromatic nitrogens is 3. The Bertz CT molecular complexity index is 1160. The first-order valence-corrected chi connectivity index (χ1v) is 9.85. The Hall–Kier alpha value is -4.00. The molecule has 0 aliphatic rings. The van der Waals surface area contributed by atoms with E-state index in [1.54, 1.807) is 54.5 Å². The normalized spacial score (nSPS) is 11.7. The molecule has 2 aromatic carbocycles. The molecule has 4 aromatic rings. The maximum absolute atomic E-state index is 13.7. The van der Waals surface area contributed by atoms with Crippen LogP contribution in [0.4, 0.5) is 4.39 Å². The van der Waals surface area contributed by atoms with E-state index in [-0.39, 0.29) is 24.3 Å². The van der Waals surface area contributed by atoms with Crippen molar-refractivity contribution in [3.05, 3.63) is 96.7 Å². The summed E-state index contributed by atoms with van der Waals surface area (Å²) in [5.41, 5.74) is 2.51. The first-order valence-electron chi connectivity index (χ1n) is 9.85. The van der Waals surface area contributed by atoms with E-state index in [1.165, 1.54) is 6.07 Å². The molecular weight excluding hydrogens is 395 g/mol. The van der Waals surface area contributed by atoms with Crippen molar-refractivity contribution in [1.29, 1.82) is 0 Å². The smallest absolute Gasteiger partial charge is 0.255 e. The number of nitrogens with one attached hydrogen (secondary N) is 1. The number of hydrogen-bond donors (Lipinski definition) is 1. The zero-order valence-electron chi connectivity index (χ0n) is 16.9. The summed E-state index contributed by atoms with van der Waals surface area (Å²) in [6, 6.07) is 19.0. The molecule has 1 unspecified atom stereocenters. The van der Waals surface area contributed by atoms with Crippen LogP contribution in [0.5, 0.6) is 5.75 Å². The average molecular weight is 416 g/mol. The minimum absolute atomic E-state index is 0.127. The van der Waals surface area contributed by atoms with Crippen molar-refractivity contribution < 1.29 is 13.9 Å². The number of carbonyl (C=O) groups excluding carboxylic acids is 1. The lowest BCUT2D eigenvalue weighted by atomic mass is 10.1. The lowest BCUT2D eigenvalue weighted by molar-refractivity contribution is 0.0926. The van der Waals surface area contributed by atoms with Crippen molar-refractivity contribution in [2.24, 2.45) is 0 Å². The van der Waals surface area contributed by atoms with E-state index < -0.39 is 5.82 Å². The van der Waals surface area contributed by atoms with Crippen LogP contribution in [-0.4, -0.2) is 33.3 Å². The number of amides is 1. The van der Waals surface area contributed by atoms with Crippen LogP contribution in [-0.2, 0) is 0 Å². The Labute approximate surface area is 179 Å². The van der Waals surface area contributed by atoms with Gasteiger partial charge >= 0.3 is 0 Å². The standard InChI is InChI=1S/C24H21FN4O2/c1-17(16-31-22-12-6-5-11-21(22)25)27-24(30)20-15-29(19-9-3-2-4-10-19)28-23(20)18-8-7-13-26-14-18/h2-15,17H,16H2,1H3,(H,27,30). The van der Waals surface area contributed by atoms with Gasteiger partial charge < -0.3 is 10.1 Å². The van der Waals surface area contributed by atoms with Gasteiger partial charge in [-0.1, -0.05) is 30.3 Å². The van der Waals surface area contributed by atoms with Crippen LogP contribution >= 0.6 is 0 Å². The van der Waals surface area contributed by atoms with Crippen molar-refractivity contribution in [1.82, 2.24) is 20.1 Å². The Balaban J connectivity index is 1.55. The summed E-state index contributed by atoms with van der Waals surface area (Å²) < 4.78 is 20.9. The van der Waals surface area contributed by atoms with Gasteiger partial charge in [0.05, 0.1) is 17.3 Å². The summed E-state index contributed by atoms with van der Waals surface area (Å²) in [5.74, 6) is -0.591. The Kier molecular flexibility index (Phi) is 6.03. The van der Waals surface area contributed by atoms with Gasteiger partial charge in [0.2, 0.25) is 0 Å². The van der Waals surface area contributed by atoms with E-state index in [1.807, 2.05) is 36.4 Å². The van der Waals surface area contributed by atoms with Crippen LogP contribution < -0.4 is 10.1 Å². The van der Waals surface area contributed by atoms with Gasteiger partial charge in [-0.05, 0) is 43.3 Å². The third-order valence-corrected chi connectivity index (χ3v) is 4.62. The predicted octanol–water partition coefficient (Wildman–Crippen LogP) is 4.27. The van der Waals surface area contributed by atoms with Crippen molar-refractivity contribution in [2.75, 3.05) is 6.61 Å². The van der Waals surface area contributed by atoms with Crippen LogP contribution in [0.15, 0.2) is 85.3 Å². The van der Waals surface area contributed by atoms with Gasteiger partial charge in [0.1, 0.15) is 12.3 Å². The molecule has 0 radical (unpaired) electrons. The number of rotatable bonds is 7. The van der Waals surface area contributed by atoms with E-state index in [2.05, 4.69) is 15.4 Å². The van der Waals surface area contributed by atoms with Crippen LogP contribution in [0.2, 0.25) is 0 Å². The highest BCUT2D eigenvalue weighted by Gasteiger charge is 2.20. The Morgan fingerprint density at radius 2 is 1.87 bits per heavy atom. The number of hydrogen-bond acceptors (Lipinski definition) is 4. The van der Waals surface area contributed by atoms with Crippen LogP contribution in [0.1, 0.15) is 17.3 Å². The van der Waals surface area contributed by atoms with Gasteiger partial charge in [0.15, 0.2) is 11.6 Å². The van der Waals surface area contributed by atoms with Gasteiger partial charge in [-0.15, -0.1) is 0 Å². The zero-order valence-corrected chi connectivity index (χ0v) is 16.9. The number of benzene rings is 2. The number of pyridine rings is 1. The van der Waals surface area contributed by atoms with Crippen LogP contribution in [0, 0.1) is 5.82 Å². The minimum Gasteiger partial charge on any atom is -0.488 e. The largest absolute Gasteiger partial charge is 0.488 e.